The highest BCUT2D eigenvalue weighted by Crippen LogP contribution is 2.30. The Balaban J connectivity index is 1.99. The molecule has 1 heterocycles. The van der Waals surface area contributed by atoms with Gasteiger partial charge in [-0.3, -0.25) is 4.90 Å². The number of aromatic nitrogens is 2. The molecule has 0 aliphatic heterocycles. The average Bonchev–Trinajstić information content (AvgIpc) is 3.17. The maximum absolute atomic E-state index is 11.7. The number of carboxylic acid groups (broad SMARTS) is 1. The smallest absolute Gasteiger partial charge is 0.408 e. The summed E-state index contributed by atoms with van der Waals surface area (Å²) in [5.74, 6) is 0.747. The molecule has 0 unspecified atom stereocenters. The van der Waals surface area contributed by atoms with Crippen LogP contribution in [0.1, 0.15) is 45.9 Å². The second-order valence-corrected chi connectivity index (χ2v) is 9.32. The summed E-state index contributed by atoms with van der Waals surface area (Å²) in [4.78, 5) is 13.1. The Kier molecular flexibility index (Phi) is 6.32. The van der Waals surface area contributed by atoms with Gasteiger partial charge in [-0.25, -0.2) is 9.48 Å². The van der Waals surface area contributed by atoms with Gasteiger partial charge in [-0.05, 0) is 70.5 Å². The van der Waals surface area contributed by atoms with Crippen molar-refractivity contribution in [3.05, 3.63) is 65.9 Å². The number of carbonyl (C=O) groups is 1. The fourth-order valence-electron chi connectivity index (χ4n) is 3.36. The van der Waals surface area contributed by atoms with Crippen molar-refractivity contribution in [3.8, 4) is 22.7 Å². The van der Waals surface area contributed by atoms with E-state index in [2.05, 4.69) is 5.10 Å². The molecule has 0 saturated heterocycles. The molecule has 32 heavy (non-hydrogen) atoms. The molecule has 3 aromatic rings. The van der Waals surface area contributed by atoms with Crippen molar-refractivity contribution in [1.29, 1.82) is 0 Å². The van der Waals surface area contributed by atoms with Crippen molar-refractivity contribution < 1.29 is 19.7 Å². The van der Waals surface area contributed by atoms with E-state index in [1.54, 1.807) is 25.6 Å². The van der Waals surface area contributed by atoms with Crippen LogP contribution in [-0.4, -0.2) is 43.6 Å². The lowest BCUT2D eigenvalue weighted by Gasteiger charge is -2.33. The predicted molar refractivity (Wildman–Crippen MR) is 124 cm³/mol. The minimum Gasteiger partial charge on any atom is -0.497 e. The first-order valence-corrected chi connectivity index (χ1v) is 10.5. The van der Waals surface area contributed by atoms with Crippen LogP contribution >= 0.6 is 0 Å². The summed E-state index contributed by atoms with van der Waals surface area (Å²) in [7, 11) is 1.62. The van der Waals surface area contributed by atoms with Gasteiger partial charge in [-0.2, -0.15) is 5.10 Å². The van der Waals surface area contributed by atoms with Gasteiger partial charge in [0.25, 0.3) is 0 Å². The molecule has 2 N–H and O–H groups in total. The highest BCUT2D eigenvalue weighted by molar-refractivity contribution is 5.67. The summed E-state index contributed by atoms with van der Waals surface area (Å²) in [6, 6.07) is 17.2. The van der Waals surface area contributed by atoms with E-state index in [9.17, 15) is 15.0 Å². The van der Waals surface area contributed by atoms with Crippen LogP contribution in [0.5, 0.6) is 5.75 Å². The lowest BCUT2D eigenvalue weighted by Crippen LogP contribution is -2.44. The zero-order valence-electron chi connectivity index (χ0n) is 19.5. The molecule has 0 aliphatic carbocycles. The number of ether oxygens (including phenoxy) is 1. The fraction of sp³-hybridized carbons (Fsp3) is 0.360. The van der Waals surface area contributed by atoms with Gasteiger partial charge in [-0.1, -0.05) is 24.3 Å². The molecule has 3 rings (SSSR count). The summed E-state index contributed by atoms with van der Waals surface area (Å²) < 4.78 is 7.04. The molecular weight excluding hydrogens is 406 g/mol. The van der Waals surface area contributed by atoms with Crippen molar-refractivity contribution >= 4 is 6.09 Å². The number of amides is 1. The second-order valence-electron chi connectivity index (χ2n) is 9.32. The van der Waals surface area contributed by atoms with Crippen molar-refractivity contribution in [2.75, 3.05) is 7.11 Å². The Labute approximate surface area is 188 Å². The van der Waals surface area contributed by atoms with Crippen molar-refractivity contribution in [2.45, 2.75) is 52.3 Å². The van der Waals surface area contributed by atoms with E-state index in [-0.39, 0.29) is 0 Å². The van der Waals surface area contributed by atoms with Gasteiger partial charge in [0.05, 0.1) is 24.2 Å². The monoisotopic (exact) mass is 437 g/mol. The van der Waals surface area contributed by atoms with Gasteiger partial charge in [0, 0.05) is 17.6 Å². The van der Waals surface area contributed by atoms with Crippen LogP contribution in [0.25, 0.3) is 16.9 Å². The van der Waals surface area contributed by atoms with E-state index >= 15 is 0 Å². The largest absolute Gasteiger partial charge is 0.497 e. The Hall–Kier alpha value is -3.32. The third-order valence-corrected chi connectivity index (χ3v) is 5.28. The molecule has 0 spiro atoms. The summed E-state index contributed by atoms with van der Waals surface area (Å²) >= 11 is 0. The zero-order valence-corrected chi connectivity index (χ0v) is 19.5. The first-order chi connectivity index (χ1) is 14.9. The Morgan fingerprint density at radius 2 is 1.62 bits per heavy atom. The first-order valence-electron chi connectivity index (χ1n) is 10.5. The van der Waals surface area contributed by atoms with Crippen LogP contribution in [0.4, 0.5) is 4.79 Å². The van der Waals surface area contributed by atoms with Gasteiger partial charge in [-0.15, -0.1) is 0 Å². The molecule has 170 valence electrons. The molecule has 0 atom stereocenters. The van der Waals surface area contributed by atoms with Gasteiger partial charge in [0.1, 0.15) is 11.4 Å². The Morgan fingerprint density at radius 1 is 1.03 bits per heavy atom. The SMILES string of the molecule is COc1ccc(-n2nc(C(C)(C)O)cc2-c2ccc(CN(C(=O)O)C(C)(C)C)cc2)cc1. The summed E-state index contributed by atoms with van der Waals surface area (Å²) in [5, 5.41) is 24.7. The van der Waals surface area contributed by atoms with Crippen LogP contribution in [0, 0.1) is 0 Å². The van der Waals surface area contributed by atoms with Gasteiger partial charge in [0.2, 0.25) is 0 Å². The van der Waals surface area contributed by atoms with Gasteiger partial charge in [0.15, 0.2) is 0 Å². The fourth-order valence-corrected chi connectivity index (χ4v) is 3.36. The third kappa shape index (κ3) is 5.11. The average molecular weight is 438 g/mol. The van der Waals surface area contributed by atoms with Gasteiger partial charge >= 0.3 is 6.09 Å². The zero-order chi connectivity index (χ0) is 23.7. The first kappa shape index (κ1) is 23.3. The standard InChI is InChI=1S/C25H31N3O4/c1-24(2,3)27(23(29)30)16-17-7-9-18(10-8-17)21-15-22(25(4,5)31)26-28(21)19-11-13-20(32-6)14-12-19/h7-15,31H,16H2,1-6H3,(H,29,30). The molecule has 0 aliphatic rings. The van der Waals surface area contributed by atoms with E-state index in [1.165, 1.54) is 4.90 Å². The normalized spacial score (nSPS) is 12.0. The summed E-state index contributed by atoms with van der Waals surface area (Å²) in [5.41, 5.74) is 2.42. The van der Waals surface area contributed by atoms with Crippen LogP contribution in [0.2, 0.25) is 0 Å². The molecule has 2 aromatic carbocycles. The minimum absolute atomic E-state index is 0.297. The molecule has 0 bridgehead atoms. The Morgan fingerprint density at radius 3 is 2.09 bits per heavy atom. The quantitative estimate of drug-likeness (QED) is 0.563. The van der Waals surface area contributed by atoms with Crippen molar-refractivity contribution in [2.24, 2.45) is 0 Å². The second kappa shape index (κ2) is 8.67. The third-order valence-electron chi connectivity index (χ3n) is 5.28. The molecule has 1 amide bonds. The van der Waals surface area contributed by atoms with Crippen molar-refractivity contribution in [1.82, 2.24) is 14.7 Å². The lowest BCUT2D eigenvalue weighted by molar-refractivity contribution is 0.0734. The highest BCUT2D eigenvalue weighted by Gasteiger charge is 2.26. The number of methoxy groups -OCH3 is 1. The highest BCUT2D eigenvalue weighted by atomic mass is 16.5. The van der Waals surface area contributed by atoms with E-state index in [1.807, 2.05) is 75.4 Å². The van der Waals surface area contributed by atoms with E-state index in [0.29, 0.717) is 12.2 Å². The Bertz CT molecular complexity index is 1070. The maximum atomic E-state index is 11.7. The number of nitrogens with zero attached hydrogens (tertiary/aromatic N) is 3. The molecule has 7 heteroatoms. The predicted octanol–water partition coefficient (Wildman–Crippen LogP) is 5.05. The van der Waals surface area contributed by atoms with Crippen molar-refractivity contribution in [3.63, 3.8) is 0 Å². The number of benzene rings is 2. The number of aliphatic hydroxyl groups is 1. The van der Waals surface area contributed by atoms with Crippen LogP contribution in [-0.2, 0) is 12.1 Å². The van der Waals surface area contributed by atoms with E-state index in [0.717, 1.165) is 28.3 Å². The summed E-state index contributed by atoms with van der Waals surface area (Å²) in [6.45, 7) is 9.33. The maximum Gasteiger partial charge on any atom is 0.408 e. The molecule has 7 nitrogen and oxygen atoms in total. The molecule has 0 radical (unpaired) electrons. The topological polar surface area (TPSA) is 87.8 Å². The molecular formula is C25H31N3O4. The van der Waals surface area contributed by atoms with Crippen LogP contribution in [0.15, 0.2) is 54.6 Å². The van der Waals surface area contributed by atoms with E-state index in [4.69, 9.17) is 4.74 Å². The molecule has 0 fully saturated rings. The molecule has 0 saturated carbocycles. The number of hydrogen-bond acceptors (Lipinski definition) is 4. The number of hydrogen-bond donors (Lipinski definition) is 2. The van der Waals surface area contributed by atoms with Crippen LogP contribution in [0.3, 0.4) is 0 Å². The number of rotatable bonds is 6. The van der Waals surface area contributed by atoms with E-state index < -0.39 is 17.2 Å². The van der Waals surface area contributed by atoms with Crippen LogP contribution < -0.4 is 4.74 Å². The lowest BCUT2D eigenvalue weighted by atomic mass is 10.0. The molecule has 1 aromatic heterocycles. The minimum atomic E-state index is -1.10. The summed E-state index contributed by atoms with van der Waals surface area (Å²) in [6.07, 6.45) is -0.950. The van der Waals surface area contributed by atoms with Gasteiger partial charge < -0.3 is 14.9 Å².